The lowest BCUT2D eigenvalue weighted by atomic mass is 10.1. The number of sulfonamides is 1. The molecule has 0 radical (unpaired) electrons. The topological polar surface area (TPSA) is 82.4 Å². The molecular formula is C13H22N4O2S. The molecule has 0 aliphatic carbocycles. The van der Waals surface area contributed by atoms with E-state index >= 15 is 0 Å². The number of rotatable bonds is 3. The van der Waals surface area contributed by atoms with E-state index in [-0.39, 0.29) is 0 Å². The zero-order valence-corrected chi connectivity index (χ0v) is 12.6. The molecule has 0 aromatic carbocycles. The van der Waals surface area contributed by atoms with Crippen LogP contribution in [0.25, 0.3) is 0 Å². The monoisotopic (exact) mass is 298 g/mol. The second-order valence-electron chi connectivity index (χ2n) is 5.77. The Morgan fingerprint density at radius 2 is 2.10 bits per heavy atom. The van der Waals surface area contributed by atoms with E-state index < -0.39 is 10.0 Å². The fourth-order valence-electron chi connectivity index (χ4n) is 3.33. The molecule has 3 N–H and O–H groups in total. The van der Waals surface area contributed by atoms with Crippen LogP contribution in [-0.4, -0.2) is 54.8 Å². The molecule has 2 aliphatic heterocycles. The Kier molecular flexibility index (Phi) is 3.62. The number of aromatic nitrogens is 1. The first-order valence-electron chi connectivity index (χ1n) is 7.12. The molecule has 2 fully saturated rings. The van der Waals surface area contributed by atoms with Crippen molar-refractivity contribution >= 4 is 10.0 Å². The van der Waals surface area contributed by atoms with Crippen LogP contribution >= 0.6 is 0 Å². The Labute approximate surface area is 120 Å². The van der Waals surface area contributed by atoms with Crippen molar-refractivity contribution in [3.05, 3.63) is 18.0 Å². The third-order valence-corrected chi connectivity index (χ3v) is 6.53. The smallest absolute Gasteiger partial charge is 0.244 e. The van der Waals surface area contributed by atoms with Gasteiger partial charge >= 0.3 is 0 Å². The van der Waals surface area contributed by atoms with Gasteiger partial charge in [0, 0.05) is 43.6 Å². The van der Waals surface area contributed by atoms with Crippen molar-refractivity contribution in [2.45, 2.75) is 42.8 Å². The minimum absolute atomic E-state index is 0.322. The molecule has 3 rings (SSSR count). The van der Waals surface area contributed by atoms with Crippen molar-refractivity contribution < 1.29 is 8.42 Å². The number of nitrogens with zero attached hydrogens (tertiary/aromatic N) is 2. The van der Waals surface area contributed by atoms with E-state index in [1.807, 2.05) is 0 Å². The molecule has 112 valence electrons. The van der Waals surface area contributed by atoms with Gasteiger partial charge in [0.15, 0.2) is 0 Å². The maximum Gasteiger partial charge on any atom is 0.244 e. The molecule has 2 atom stereocenters. The number of likely N-dealkylation sites (N-methyl/N-ethyl adjacent to an activating group) is 1. The summed E-state index contributed by atoms with van der Waals surface area (Å²) in [5, 5.41) is 0. The number of nitrogens with two attached hydrogens (primary N) is 1. The summed E-state index contributed by atoms with van der Waals surface area (Å²) in [6.07, 6.45) is 4.75. The number of fused-ring (bicyclic) bond motifs is 2. The Morgan fingerprint density at radius 1 is 1.35 bits per heavy atom. The molecule has 2 saturated heterocycles. The van der Waals surface area contributed by atoms with Gasteiger partial charge < -0.3 is 10.7 Å². The lowest BCUT2D eigenvalue weighted by Gasteiger charge is -2.24. The molecule has 6 nitrogen and oxygen atoms in total. The normalized spacial score (nSPS) is 28.7. The van der Waals surface area contributed by atoms with Gasteiger partial charge in [-0.3, -0.25) is 4.90 Å². The highest BCUT2D eigenvalue weighted by molar-refractivity contribution is 7.89. The number of hydrogen-bond donors (Lipinski definition) is 2. The fourth-order valence-corrected chi connectivity index (χ4v) is 4.84. The number of H-pyrrole nitrogens is 1. The van der Waals surface area contributed by atoms with E-state index in [1.54, 1.807) is 16.6 Å². The Morgan fingerprint density at radius 3 is 2.80 bits per heavy atom. The molecule has 3 heterocycles. The van der Waals surface area contributed by atoms with Crippen molar-refractivity contribution in [1.82, 2.24) is 14.2 Å². The number of hydrogen-bond acceptors (Lipinski definition) is 4. The molecule has 2 aliphatic rings. The van der Waals surface area contributed by atoms with Crippen LogP contribution in [0, 0.1) is 0 Å². The minimum Gasteiger partial charge on any atom is -0.363 e. The van der Waals surface area contributed by atoms with E-state index in [0.29, 0.717) is 36.6 Å². The summed E-state index contributed by atoms with van der Waals surface area (Å²) >= 11 is 0. The largest absolute Gasteiger partial charge is 0.363 e. The summed E-state index contributed by atoms with van der Waals surface area (Å²) in [4.78, 5) is 5.59. The highest BCUT2D eigenvalue weighted by atomic mass is 32.2. The second kappa shape index (κ2) is 5.14. The lowest BCUT2D eigenvalue weighted by Crippen LogP contribution is -2.39. The maximum absolute atomic E-state index is 12.7. The third kappa shape index (κ3) is 2.28. The van der Waals surface area contributed by atoms with Gasteiger partial charge in [-0.15, -0.1) is 0 Å². The van der Waals surface area contributed by atoms with E-state index in [2.05, 4.69) is 16.9 Å². The Bertz CT molecular complexity index is 583. The van der Waals surface area contributed by atoms with Gasteiger partial charge in [-0.25, -0.2) is 8.42 Å². The van der Waals surface area contributed by atoms with Crippen LogP contribution in [-0.2, 0) is 16.6 Å². The fraction of sp³-hybridized carbons (Fsp3) is 0.692. The molecular weight excluding hydrogens is 276 g/mol. The van der Waals surface area contributed by atoms with Crippen molar-refractivity contribution in [3.8, 4) is 0 Å². The highest BCUT2D eigenvalue weighted by Crippen LogP contribution is 2.30. The van der Waals surface area contributed by atoms with Crippen LogP contribution in [0.1, 0.15) is 25.0 Å². The first kappa shape index (κ1) is 14.1. The second-order valence-corrected chi connectivity index (χ2v) is 7.70. The van der Waals surface area contributed by atoms with Gasteiger partial charge in [0.05, 0.1) is 4.90 Å². The van der Waals surface area contributed by atoms with E-state index in [1.165, 1.54) is 6.42 Å². The highest BCUT2D eigenvalue weighted by Gasteiger charge is 2.38. The molecule has 0 amide bonds. The number of aromatic amines is 1. The first-order chi connectivity index (χ1) is 9.52. The van der Waals surface area contributed by atoms with Crippen LogP contribution in [0.4, 0.5) is 0 Å². The van der Waals surface area contributed by atoms with Crippen LogP contribution in [0.15, 0.2) is 17.2 Å². The SMILES string of the molecule is CN1C2CCC1CN(S(=O)(=O)c1c[nH]c(CN)c1)CC2. The van der Waals surface area contributed by atoms with Crippen LogP contribution in [0.5, 0.6) is 0 Å². The Hall–Kier alpha value is -0.890. The van der Waals surface area contributed by atoms with Crippen molar-refractivity contribution in [1.29, 1.82) is 0 Å². The summed E-state index contributed by atoms with van der Waals surface area (Å²) in [5.74, 6) is 0. The average Bonchev–Trinajstić information content (AvgIpc) is 2.95. The van der Waals surface area contributed by atoms with Gasteiger partial charge in [0.25, 0.3) is 0 Å². The van der Waals surface area contributed by atoms with E-state index in [9.17, 15) is 8.42 Å². The van der Waals surface area contributed by atoms with Crippen LogP contribution in [0.2, 0.25) is 0 Å². The Balaban J connectivity index is 1.84. The maximum atomic E-state index is 12.7. The molecule has 7 heteroatoms. The first-order valence-corrected chi connectivity index (χ1v) is 8.56. The summed E-state index contributed by atoms with van der Waals surface area (Å²) in [6.45, 7) is 1.53. The summed E-state index contributed by atoms with van der Waals surface area (Å²) in [7, 11) is -1.29. The molecule has 2 bridgehead atoms. The van der Waals surface area contributed by atoms with E-state index in [0.717, 1.165) is 18.5 Å². The van der Waals surface area contributed by atoms with Gasteiger partial charge in [-0.2, -0.15) is 4.31 Å². The summed E-state index contributed by atoms with van der Waals surface area (Å²) in [6, 6.07) is 2.53. The predicted molar refractivity (Wildman–Crippen MR) is 76.6 cm³/mol. The number of nitrogens with one attached hydrogen (secondary N) is 1. The molecule has 1 aromatic rings. The molecule has 0 saturated carbocycles. The van der Waals surface area contributed by atoms with Crippen molar-refractivity contribution in [3.63, 3.8) is 0 Å². The molecule has 20 heavy (non-hydrogen) atoms. The summed E-state index contributed by atoms with van der Waals surface area (Å²) < 4.78 is 27.0. The van der Waals surface area contributed by atoms with Crippen LogP contribution < -0.4 is 5.73 Å². The van der Waals surface area contributed by atoms with Gasteiger partial charge in [0.1, 0.15) is 0 Å². The van der Waals surface area contributed by atoms with Crippen LogP contribution in [0.3, 0.4) is 0 Å². The zero-order chi connectivity index (χ0) is 14.3. The van der Waals surface area contributed by atoms with Gasteiger partial charge in [-0.05, 0) is 32.4 Å². The standard InChI is InChI=1S/C13H22N4O2S/c1-16-11-2-3-12(16)9-17(5-4-11)20(18,19)13-6-10(7-14)15-8-13/h6,8,11-12,15H,2-5,7,9,14H2,1H3. The van der Waals surface area contributed by atoms with Gasteiger partial charge in [-0.1, -0.05) is 0 Å². The molecule has 0 spiro atoms. The molecule has 1 aromatic heterocycles. The third-order valence-electron chi connectivity index (χ3n) is 4.69. The zero-order valence-electron chi connectivity index (χ0n) is 11.7. The summed E-state index contributed by atoms with van der Waals surface area (Å²) in [5.41, 5.74) is 6.28. The predicted octanol–water partition coefficient (Wildman–Crippen LogP) is 0.331. The quantitative estimate of drug-likeness (QED) is 0.842. The lowest BCUT2D eigenvalue weighted by molar-refractivity contribution is 0.246. The molecule has 2 unspecified atom stereocenters. The van der Waals surface area contributed by atoms with Crippen molar-refractivity contribution in [2.75, 3.05) is 20.1 Å². The van der Waals surface area contributed by atoms with E-state index in [4.69, 9.17) is 5.73 Å². The van der Waals surface area contributed by atoms with Gasteiger partial charge in [0.2, 0.25) is 10.0 Å². The van der Waals surface area contributed by atoms with Crippen molar-refractivity contribution in [2.24, 2.45) is 5.73 Å². The average molecular weight is 298 g/mol. The minimum atomic E-state index is -3.40.